The topological polar surface area (TPSA) is 89.5 Å². The minimum absolute atomic E-state index is 0.260. The molecule has 0 fully saturated rings. The van der Waals surface area contributed by atoms with E-state index in [4.69, 9.17) is 4.74 Å². The molecule has 1 aliphatic heterocycles. The van der Waals surface area contributed by atoms with Gasteiger partial charge in [0.05, 0.1) is 5.56 Å². The van der Waals surface area contributed by atoms with Crippen LogP contribution in [0, 0.1) is 12.8 Å². The second kappa shape index (κ2) is 10.0. The van der Waals surface area contributed by atoms with Crippen LogP contribution in [0.4, 0.5) is 5.69 Å². The number of hydrogen-bond acceptors (Lipinski definition) is 5. The number of esters is 1. The second-order valence-corrected chi connectivity index (χ2v) is 8.85. The third-order valence-corrected chi connectivity index (χ3v) is 6.40. The van der Waals surface area contributed by atoms with Crippen molar-refractivity contribution < 1.29 is 23.9 Å². The number of amides is 1. The van der Waals surface area contributed by atoms with Crippen LogP contribution in [0.1, 0.15) is 37.9 Å². The van der Waals surface area contributed by atoms with E-state index in [2.05, 4.69) is 5.32 Å². The molecule has 0 bridgehead atoms. The minimum atomic E-state index is -1.57. The Morgan fingerprint density at radius 2 is 1.38 bits per heavy atom. The zero-order valence-electron chi connectivity index (χ0n) is 20.0. The predicted octanol–water partition coefficient (Wildman–Crippen LogP) is 5.58. The third kappa shape index (κ3) is 4.69. The quantitative estimate of drug-likeness (QED) is 0.158. The van der Waals surface area contributed by atoms with Gasteiger partial charge in [0, 0.05) is 16.8 Å². The van der Waals surface area contributed by atoms with E-state index in [9.17, 15) is 19.2 Å². The van der Waals surface area contributed by atoms with E-state index in [0.717, 1.165) is 11.1 Å². The standard InChI is InChI=1S/C31H23NO5/c1-19-15-17-21(18-16-19)32-30(35)28(34)26(29-24-13-7-8-14-25(24)31(36)37-29)27(33)23-12-6-5-11-22(23)20-9-3-2-4-10-20/h2-18,26,29H,1H3,(H,32,35). The Morgan fingerprint density at radius 3 is 2.11 bits per heavy atom. The molecule has 37 heavy (non-hydrogen) atoms. The van der Waals surface area contributed by atoms with Gasteiger partial charge in [-0.25, -0.2) is 4.79 Å². The highest BCUT2D eigenvalue weighted by atomic mass is 16.5. The highest BCUT2D eigenvalue weighted by Gasteiger charge is 2.46. The number of hydrogen-bond donors (Lipinski definition) is 1. The molecule has 4 aromatic rings. The Hall–Kier alpha value is -4.84. The maximum Gasteiger partial charge on any atom is 0.339 e. The summed E-state index contributed by atoms with van der Waals surface area (Å²) < 4.78 is 5.56. The van der Waals surface area contributed by atoms with Crippen molar-refractivity contribution in [2.24, 2.45) is 5.92 Å². The molecule has 0 saturated carbocycles. The number of nitrogens with one attached hydrogen (secondary N) is 1. The number of fused-ring (bicyclic) bond motifs is 1. The van der Waals surface area contributed by atoms with Crippen molar-refractivity contribution in [3.8, 4) is 11.1 Å². The van der Waals surface area contributed by atoms with Crippen molar-refractivity contribution in [3.05, 3.63) is 125 Å². The van der Waals surface area contributed by atoms with Crippen molar-refractivity contribution in [2.75, 3.05) is 5.32 Å². The normalized spacial score (nSPS) is 14.8. The van der Waals surface area contributed by atoms with Gasteiger partial charge in [0.2, 0.25) is 5.78 Å². The van der Waals surface area contributed by atoms with Crippen molar-refractivity contribution in [1.82, 2.24) is 0 Å². The summed E-state index contributed by atoms with van der Waals surface area (Å²) in [5, 5.41) is 2.58. The fourth-order valence-corrected chi connectivity index (χ4v) is 4.52. The molecule has 2 atom stereocenters. The Labute approximate surface area is 213 Å². The number of ketones is 2. The Bertz CT molecular complexity index is 1510. The molecule has 0 radical (unpaired) electrons. The summed E-state index contributed by atoms with van der Waals surface area (Å²) in [4.78, 5) is 53.5. The van der Waals surface area contributed by atoms with Gasteiger partial charge < -0.3 is 10.1 Å². The summed E-state index contributed by atoms with van der Waals surface area (Å²) in [5.41, 5.74) is 3.74. The lowest BCUT2D eigenvalue weighted by Crippen LogP contribution is -2.38. The first kappa shape index (κ1) is 23.9. The van der Waals surface area contributed by atoms with Crippen molar-refractivity contribution >= 4 is 29.1 Å². The Morgan fingerprint density at radius 1 is 0.757 bits per heavy atom. The van der Waals surface area contributed by atoms with Crippen LogP contribution in [-0.2, 0) is 14.3 Å². The second-order valence-electron chi connectivity index (χ2n) is 8.85. The summed E-state index contributed by atoms with van der Waals surface area (Å²) in [6, 6.07) is 29.7. The number of Topliss-reactive ketones (excluding diaryl/α,β-unsaturated/α-hetero) is 2. The van der Waals surface area contributed by atoms with Gasteiger partial charge in [-0.3, -0.25) is 14.4 Å². The first-order valence-corrected chi connectivity index (χ1v) is 11.8. The van der Waals surface area contributed by atoms with Crippen molar-refractivity contribution in [1.29, 1.82) is 0 Å². The van der Waals surface area contributed by atoms with E-state index in [1.165, 1.54) is 0 Å². The zero-order chi connectivity index (χ0) is 25.9. The molecule has 5 rings (SSSR count). The molecular weight excluding hydrogens is 466 g/mol. The first-order chi connectivity index (χ1) is 17.9. The molecule has 1 N–H and O–H groups in total. The number of cyclic esters (lactones) is 1. The summed E-state index contributed by atoms with van der Waals surface area (Å²) in [5.74, 6) is -4.75. The van der Waals surface area contributed by atoms with Crippen LogP contribution in [0.2, 0.25) is 0 Å². The highest BCUT2D eigenvalue weighted by molar-refractivity contribution is 6.45. The fraction of sp³-hybridized carbons (Fsp3) is 0.0968. The Balaban J connectivity index is 1.57. The van der Waals surface area contributed by atoms with Crippen LogP contribution >= 0.6 is 0 Å². The largest absolute Gasteiger partial charge is 0.453 e. The molecule has 0 aliphatic carbocycles. The number of carbonyl (C=O) groups excluding carboxylic acids is 4. The molecular formula is C31H23NO5. The summed E-state index contributed by atoms with van der Waals surface area (Å²) in [7, 11) is 0. The van der Waals surface area contributed by atoms with E-state index < -0.39 is 35.5 Å². The summed E-state index contributed by atoms with van der Waals surface area (Å²) in [6.07, 6.45) is -1.23. The van der Waals surface area contributed by atoms with Gasteiger partial charge in [0.15, 0.2) is 5.78 Å². The van der Waals surface area contributed by atoms with E-state index in [-0.39, 0.29) is 11.1 Å². The molecule has 1 aliphatic rings. The SMILES string of the molecule is Cc1ccc(NC(=O)C(=O)C(C(=O)c2ccccc2-c2ccccc2)C2OC(=O)c3ccccc32)cc1. The first-order valence-electron chi connectivity index (χ1n) is 11.8. The van der Waals surface area contributed by atoms with Crippen LogP contribution in [-0.4, -0.2) is 23.4 Å². The molecule has 182 valence electrons. The van der Waals surface area contributed by atoms with E-state index in [1.54, 1.807) is 72.8 Å². The van der Waals surface area contributed by atoms with Crippen LogP contribution in [0.5, 0.6) is 0 Å². The third-order valence-electron chi connectivity index (χ3n) is 6.40. The molecule has 6 heteroatoms. The average Bonchev–Trinajstić information content (AvgIpc) is 3.26. The fourth-order valence-electron chi connectivity index (χ4n) is 4.52. The van der Waals surface area contributed by atoms with Crippen LogP contribution in [0.3, 0.4) is 0 Å². The number of benzene rings is 4. The van der Waals surface area contributed by atoms with Crippen LogP contribution in [0.15, 0.2) is 103 Å². The molecule has 0 spiro atoms. The zero-order valence-corrected chi connectivity index (χ0v) is 20.0. The summed E-state index contributed by atoms with van der Waals surface area (Å²) >= 11 is 0. The van der Waals surface area contributed by atoms with Crippen molar-refractivity contribution in [3.63, 3.8) is 0 Å². The average molecular weight is 490 g/mol. The van der Waals surface area contributed by atoms with Gasteiger partial charge in [-0.05, 0) is 36.2 Å². The van der Waals surface area contributed by atoms with E-state index in [1.807, 2.05) is 37.3 Å². The van der Waals surface area contributed by atoms with Crippen molar-refractivity contribution in [2.45, 2.75) is 13.0 Å². The number of aryl methyl sites for hydroxylation is 1. The number of ether oxygens (including phenoxy) is 1. The molecule has 1 amide bonds. The number of rotatable bonds is 7. The Kier molecular flexibility index (Phi) is 6.47. The van der Waals surface area contributed by atoms with Gasteiger partial charge in [-0.1, -0.05) is 90.5 Å². The molecule has 0 aromatic heterocycles. The smallest absolute Gasteiger partial charge is 0.339 e. The van der Waals surface area contributed by atoms with Crippen LogP contribution in [0.25, 0.3) is 11.1 Å². The maximum atomic E-state index is 14.1. The lowest BCUT2D eigenvalue weighted by atomic mass is 9.82. The van der Waals surface area contributed by atoms with Gasteiger partial charge in [-0.15, -0.1) is 0 Å². The number of anilines is 1. The van der Waals surface area contributed by atoms with Gasteiger partial charge in [-0.2, -0.15) is 0 Å². The van der Waals surface area contributed by atoms with Gasteiger partial charge >= 0.3 is 5.97 Å². The van der Waals surface area contributed by atoms with Gasteiger partial charge in [0.25, 0.3) is 5.91 Å². The molecule has 4 aromatic carbocycles. The number of carbonyl (C=O) groups is 4. The molecule has 6 nitrogen and oxygen atoms in total. The monoisotopic (exact) mass is 489 g/mol. The van der Waals surface area contributed by atoms with E-state index >= 15 is 0 Å². The lowest BCUT2D eigenvalue weighted by molar-refractivity contribution is -0.138. The maximum absolute atomic E-state index is 14.1. The molecule has 2 unspecified atom stereocenters. The highest BCUT2D eigenvalue weighted by Crippen LogP contribution is 2.39. The lowest BCUT2D eigenvalue weighted by Gasteiger charge is -2.22. The van der Waals surface area contributed by atoms with Gasteiger partial charge in [0.1, 0.15) is 12.0 Å². The van der Waals surface area contributed by atoms with Crippen LogP contribution < -0.4 is 5.32 Å². The predicted molar refractivity (Wildman–Crippen MR) is 139 cm³/mol. The summed E-state index contributed by atoms with van der Waals surface area (Å²) in [6.45, 7) is 1.90. The minimum Gasteiger partial charge on any atom is -0.453 e. The molecule has 1 heterocycles. The molecule has 0 saturated heterocycles. The van der Waals surface area contributed by atoms with E-state index in [0.29, 0.717) is 16.8 Å².